The van der Waals surface area contributed by atoms with Gasteiger partial charge in [-0.15, -0.1) is 11.6 Å². The molecule has 0 radical (unpaired) electrons. The summed E-state index contributed by atoms with van der Waals surface area (Å²) in [7, 11) is 0. The van der Waals surface area contributed by atoms with Gasteiger partial charge in [0.2, 0.25) is 5.91 Å². The van der Waals surface area contributed by atoms with Crippen LogP contribution in [0.4, 0.5) is 0 Å². The van der Waals surface area contributed by atoms with Gasteiger partial charge in [0.25, 0.3) is 0 Å². The van der Waals surface area contributed by atoms with Crippen LogP contribution in [0.5, 0.6) is 0 Å². The van der Waals surface area contributed by atoms with Crippen LogP contribution in [0.2, 0.25) is 0 Å². The van der Waals surface area contributed by atoms with E-state index >= 15 is 0 Å². The number of amides is 1. The summed E-state index contributed by atoms with van der Waals surface area (Å²) in [4.78, 5) is 14.8. The van der Waals surface area contributed by atoms with Gasteiger partial charge < -0.3 is 4.90 Å². The van der Waals surface area contributed by atoms with E-state index in [2.05, 4.69) is 4.90 Å². The Bertz CT molecular complexity index is 365. The van der Waals surface area contributed by atoms with Crippen LogP contribution in [0, 0.1) is 23.2 Å². The summed E-state index contributed by atoms with van der Waals surface area (Å²) in [6, 6.07) is 0. The van der Waals surface area contributed by atoms with E-state index in [-0.39, 0.29) is 0 Å². The molecule has 2 nitrogen and oxygen atoms in total. The van der Waals surface area contributed by atoms with Crippen molar-refractivity contribution in [2.45, 2.75) is 63.2 Å². The van der Waals surface area contributed by atoms with E-state index in [0.717, 1.165) is 50.1 Å². The molecule has 5 fully saturated rings. The molecule has 4 bridgehead atoms. The van der Waals surface area contributed by atoms with Crippen LogP contribution in [-0.4, -0.2) is 29.3 Å². The summed E-state index contributed by atoms with van der Waals surface area (Å²) < 4.78 is 0. The maximum Gasteiger partial charge on any atom is 0.223 e. The number of hydrogen-bond acceptors (Lipinski definition) is 1. The molecule has 0 N–H and O–H groups in total. The molecular formula is C17H26ClNO. The largest absolute Gasteiger partial charge is 0.343 e. The van der Waals surface area contributed by atoms with E-state index < -0.39 is 0 Å². The summed E-state index contributed by atoms with van der Waals surface area (Å²) in [5, 5.41) is 0.290. The Balaban J connectivity index is 1.42. The fourth-order valence-electron chi connectivity index (χ4n) is 6.04. The van der Waals surface area contributed by atoms with Gasteiger partial charge in [0.1, 0.15) is 0 Å². The van der Waals surface area contributed by atoms with Gasteiger partial charge in [0.15, 0.2) is 0 Å². The molecule has 0 spiro atoms. The van der Waals surface area contributed by atoms with Crippen molar-refractivity contribution < 1.29 is 4.79 Å². The number of alkyl halides is 1. The second kappa shape index (κ2) is 4.90. The smallest absolute Gasteiger partial charge is 0.223 e. The first-order chi connectivity index (χ1) is 9.62. The fourth-order valence-corrected chi connectivity index (χ4v) is 6.23. The van der Waals surface area contributed by atoms with Crippen LogP contribution < -0.4 is 0 Å². The third kappa shape index (κ3) is 2.38. The summed E-state index contributed by atoms with van der Waals surface area (Å²) in [5.41, 5.74) is 0.393. The van der Waals surface area contributed by atoms with Gasteiger partial charge in [-0.25, -0.2) is 0 Å². The van der Waals surface area contributed by atoms with E-state index in [1.165, 1.54) is 38.5 Å². The molecule has 0 aromatic heterocycles. The fraction of sp³-hybridized carbons (Fsp3) is 0.941. The zero-order valence-corrected chi connectivity index (χ0v) is 13.1. The molecule has 0 aromatic carbocycles. The Morgan fingerprint density at radius 3 is 2.00 bits per heavy atom. The molecule has 0 unspecified atom stereocenters. The molecule has 0 aromatic rings. The van der Waals surface area contributed by atoms with Gasteiger partial charge in [0, 0.05) is 24.9 Å². The summed E-state index contributed by atoms with van der Waals surface area (Å²) in [6.45, 7) is 1.78. The Morgan fingerprint density at radius 2 is 1.50 bits per heavy atom. The summed E-state index contributed by atoms with van der Waals surface area (Å²) in [5.74, 6) is 3.27. The first-order valence-corrected chi connectivity index (χ1v) is 8.97. The predicted octanol–water partition coefficient (Wildman–Crippen LogP) is 3.82. The highest BCUT2D eigenvalue weighted by Gasteiger charge is 2.51. The van der Waals surface area contributed by atoms with Gasteiger partial charge in [-0.2, -0.15) is 0 Å². The monoisotopic (exact) mass is 295 g/mol. The number of nitrogens with zero attached hydrogens (tertiary/aromatic N) is 1. The molecule has 1 saturated heterocycles. The normalized spacial score (nSPS) is 44.0. The van der Waals surface area contributed by atoms with Gasteiger partial charge in [-0.3, -0.25) is 4.79 Å². The molecule has 4 saturated carbocycles. The Labute approximate surface area is 127 Å². The first-order valence-electron chi connectivity index (χ1n) is 8.54. The van der Waals surface area contributed by atoms with Gasteiger partial charge in [-0.05, 0) is 74.5 Å². The van der Waals surface area contributed by atoms with Crippen molar-refractivity contribution in [2.75, 3.05) is 13.1 Å². The van der Waals surface area contributed by atoms with Crippen LogP contribution in [0.15, 0.2) is 0 Å². The molecule has 5 aliphatic rings. The zero-order valence-electron chi connectivity index (χ0n) is 12.3. The Kier molecular flexibility index (Phi) is 3.29. The highest BCUT2D eigenvalue weighted by Crippen LogP contribution is 2.61. The molecule has 5 rings (SSSR count). The topological polar surface area (TPSA) is 20.3 Å². The van der Waals surface area contributed by atoms with Crippen LogP contribution in [0.1, 0.15) is 57.8 Å². The van der Waals surface area contributed by atoms with Crippen molar-refractivity contribution in [1.29, 1.82) is 0 Å². The number of rotatable bonds is 2. The minimum atomic E-state index is 0.290. The van der Waals surface area contributed by atoms with Crippen LogP contribution in [-0.2, 0) is 4.79 Å². The lowest BCUT2D eigenvalue weighted by Gasteiger charge is -2.57. The molecule has 4 aliphatic carbocycles. The Hall–Kier alpha value is -0.240. The maximum absolute atomic E-state index is 12.7. The number of likely N-dealkylation sites (tertiary alicyclic amines) is 1. The number of halogens is 1. The zero-order chi connectivity index (χ0) is 13.7. The summed E-state index contributed by atoms with van der Waals surface area (Å²) in [6.07, 6.45) is 11.2. The number of hydrogen-bond donors (Lipinski definition) is 0. The number of carbonyl (C=O) groups excluding carboxylic acids is 1. The van der Waals surface area contributed by atoms with Crippen molar-refractivity contribution in [3.05, 3.63) is 0 Å². The number of piperidine rings is 1. The maximum atomic E-state index is 12.7. The lowest BCUT2D eigenvalue weighted by Crippen LogP contribution is -2.49. The molecule has 1 amide bonds. The highest BCUT2D eigenvalue weighted by molar-refractivity contribution is 6.20. The quantitative estimate of drug-likeness (QED) is 0.709. The lowest BCUT2D eigenvalue weighted by molar-refractivity contribution is -0.140. The lowest BCUT2D eigenvalue weighted by atomic mass is 9.49. The van der Waals surface area contributed by atoms with Crippen molar-refractivity contribution in [1.82, 2.24) is 4.90 Å². The van der Waals surface area contributed by atoms with E-state index in [1.807, 2.05) is 0 Å². The second-order valence-corrected chi connectivity index (χ2v) is 8.77. The van der Waals surface area contributed by atoms with E-state index in [1.54, 1.807) is 0 Å². The van der Waals surface area contributed by atoms with E-state index in [0.29, 0.717) is 16.7 Å². The molecule has 0 atom stereocenters. The van der Waals surface area contributed by atoms with Crippen molar-refractivity contribution >= 4 is 17.5 Å². The van der Waals surface area contributed by atoms with Crippen LogP contribution in [0.25, 0.3) is 0 Å². The molecule has 20 heavy (non-hydrogen) atoms. The van der Waals surface area contributed by atoms with Gasteiger partial charge in [-0.1, -0.05) is 0 Å². The van der Waals surface area contributed by atoms with Gasteiger partial charge in [0.05, 0.1) is 0 Å². The predicted molar refractivity (Wildman–Crippen MR) is 80.7 cm³/mol. The standard InChI is InChI=1S/C17H26ClNO/c18-15-1-3-19(4-2-15)16(20)11-17-8-12-5-13(9-17)7-14(6-12)10-17/h12-15H,1-11H2. The van der Waals surface area contributed by atoms with Crippen LogP contribution in [0.3, 0.4) is 0 Å². The SMILES string of the molecule is O=C(CC12CC3CC(CC(C3)C1)C2)N1CCC(Cl)CC1. The number of carbonyl (C=O) groups is 1. The van der Waals surface area contributed by atoms with E-state index in [9.17, 15) is 4.79 Å². The molecule has 3 heteroatoms. The van der Waals surface area contributed by atoms with Crippen molar-refractivity contribution in [3.8, 4) is 0 Å². The minimum absolute atomic E-state index is 0.290. The van der Waals surface area contributed by atoms with Crippen LogP contribution >= 0.6 is 11.6 Å². The van der Waals surface area contributed by atoms with Crippen molar-refractivity contribution in [2.24, 2.45) is 23.2 Å². The summed E-state index contributed by atoms with van der Waals surface area (Å²) >= 11 is 6.15. The Morgan fingerprint density at radius 1 is 1.00 bits per heavy atom. The molecule has 1 heterocycles. The average Bonchev–Trinajstić information content (AvgIpc) is 2.37. The molecule has 112 valence electrons. The van der Waals surface area contributed by atoms with E-state index in [4.69, 9.17) is 11.6 Å². The third-order valence-electron chi connectivity index (χ3n) is 6.47. The second-order valence-electron chi connectivity index (χ2n) is 8.15. The molecule has 1 aliphatic heterocycles. The molecular weight excluding hydrogens is 270 g/mol. The minimum Gasteiger partial charge on any atom is -0.343 e. The first kappa shape index (κ1) is 13.4. The highest BCUT2D eigenvalue weighted by atomic mass is 35.5. The third-order valence-corrected chi connectivity index (χ3v) is 6.90. The average molecular weight is 296 g/mol. The van der Waals surface area contributed by atoms with Gasteiger partial charge >= 0.3 is 0 Å². The van der Waals surface area contributed by atoms with Crippen molar-refractivity contribution in [3.63, 3.8) is 0 Å².